The summed E-state index contributed by atoms with van der Waals surface area (Å²) in [5.41, 5.74) is 7.48. The number of anilines is 1. The van der Waals surface area contributed by atoms with Gasteiger partial charge in [0.1, 0.15) is 5.82 Å². The topological polar surface area (TPSA) is 101 Å². The molecular formula is C19H22FN5O2. The Kier molecular flexibility index (Phi) is 5.07. The van der Waals surface area contributed by atoms with Crippen molar-refractivity contribution in [1.82, 2.24) is 14.9 Å². The van der Waals surface area contributed by atoms with Crippen LogP contribution in [0.4, 0.5) is 10.3 Å². The highest BCUT2D eigenvalue weighted by atomic mass is 19.1. The number of aromatic nitrogens is 2. The standard InChI is InChI=1S/C19H22FN5O2/c1-19(2,13-3-5-14(20)6-4-13)11-23-18-22-9-12-10-25(17(27)16(21)26)8-7-15(12)24-18/h3-6,9H,7-8,10-11H2,1-2H3,(H2,21,26)(H,22,23,24). The van der Waals surface area contributed by atoms with Crippen LogP contribution in [0.1, 0.15) is 30.7 Å². The van der Waals surface area contributed by atoms with Gasteiger partial charge in [-0.05, 0) is 17.7 Å². The highest BCUT2D eigenvalue weighted by Crippen LogP contribution is 2.24. The van der Waals surface area contributed by atoms with E-state index >= 15 is 0 Å². The minimum absolute atomic E-state index is 0.238. The molecule has 3 rings (SSSR count). The van der Waals surface area contributed by atoms with Gasteiger partial charge in [-0.25, -0.2) is 14.4 Å². The third-order valence-electron chi connectivity index (χ3n) is 4.75. The molecule has 2 amide bonds. The van der Waals surface area contributed by atoms with Gasteiger partial charge in [0.2, 0.25) is 5.95 Å². The van der Waals surface area contributed by atoms with Gasteiger partial charge in [0.15, 0.2) is 0 Å². The fourth-order valence-electron chi connectivity index (χ4n) is 3.03. The Balaban J connectivity index is 1.67. The number of rotatable bonds is 4. The second-order valence-electron chi connectivity index (χ2n) is 7.25. The highest BCUT2D eigenvalue weighted by Gasteiger charge is 2.26. The maximum absolute atomic E-state index is 13.1. The molecule has 0 fully saturated rings. The Bertz CT molecular complexity index is 867. The molecule has 142 valence electrons. The molecule has 0 bridgehead atoms. The van der Waals surface area contributed by atoms with Crippen LogP contribution in [-0.4, -0.2) is 39.8 Å². The average Bonchev–Trinajstić information content (AvgIpc) is 2.65. The molecule has 27 heavy (non-hydrogen) atoms. The maximum Gasteiger partial charge on any atom is 0.311 e. The van der Waals surface area contributed by atoms with Crippen LogP contribution >= 0.6 is 0 Å². The summed E-state index contributed by atoms with van der Waals surface area (Å²) in [6.45, 7) is 5.35. The minimum atomic E-state index is -0.958. The van der Waals surface area contributed by atoms with Crippen LogP contribution in [0.5, 0.6) is 0 Å². The predicted octanol–water partition coefficient (Wildman–Crippen LogP) is 1.38. The van der Waals surface area contributed by atoms with E-state index in [0.29, 0.717) is 25.5 Å². The van der Waals surface area contributed by atoms with E-state index in [1.165, 1.54) is 17.0 Å². The predicted molar refractivity (Wildman–Crippen MR) is 98.3 cm³/mol. The van der Waals surface area contributed by atoms with E-state index in [-0.39, 0.29) is 17.8 Å². The molecule has 8 heteroatoms. The van der Waals surface area contributed by atoms with Crippen molar-refractivity contribution in [3.05, 3.63) is 53.1 Å². The average molecular weight is 371 g/mol. The maximum atomic E-state index is 13.1. The van der Waals surface area contributed by atoms with E-state index in [9.17, 15) is 14.0 Å². The Labute approximate surface area is 156 Å². The Morgan fingerprint density at radius 1 is 1.30 bits per heavy atom. The van der Waals surface area contributed by atoms with Gasteiger partial charge in [-0.15, -0.1) is 0 Å². The van der Waals surface area contributed by atoms with Gasteiger partial charge in [-0.2, -0.15) is 0 Å². The molecule has 0 saturated heterocycles. The first-order valence-electron chi connectivity index (χ1n) is 8.70. The molecule has 3 N–H and O–H groups in total. The summed E-state index contributed by atoms with van der Waals surface area (Å²) in [5, 5.41) is 3.23. The van der Waals surface area contributed by atoms with Crippen LogP contribution in [0, 0.1) is 5.82 Å². The molecule has 2 aromatic rings. The van der Waals surface area contributed by atoms with E-state index < -0.39 is 11.8 Å². The van der Waals surface area contributed by atoms with Crippen LogP contribution < -0.4 is 11.1 Å². The third kappa shape index (κ3) is 4.21. The lowest BCUT2D eigenvalue weighted by atomic mass is 9.84. The first-order chi connectivity index (χ1) is 12.8. The number of benzene rings is 1. The fourth-order valence-corrected chi connectivity index (χ4v) is 3.03. The van der Waals surface area contributed by atoms with Gasteiger partial charge < -0.3 is 16.0 Å². The first kappa shape index (κ1) is 18.8. The number of fused-ring (bicyclic) bond motifs is 1. The van der Waals surface area contributed by atoms with Crippen LogP contribution in [-0.2, 0) is 28.0 Å². The van der Waals surface area contributed by atoms with Crippen molar-refractivity contribution in [2.45, 2.75) is 32.2 Å². The molecule has 0 radical (unpaired) electrons. The number of carbonyl (C=O) groups excluding carboxylic acids is 2. The van der Waals surface area contributed by atoms with Gasteiger partial charge in [0, 0.05) is 43.2 Å². The van der Waals surface area contributed by atoms with Gasteiger partial charge in [0.25, 0.3) is 0 Å². The third-order valence-corrected chi connectivity index (χ3v) is 4.75. The highest BCUT2D eigenvalue weighted by molar-refractivity contribution is 6.34. The molecule has 2 heterocycles. The van der Waals surface area contributed by atoms with Crippen molar-refractivity contribution < 1.29 is 14.0 Å². The second kappa shape index (κ2) is 7.30. The van der Waals surface area contributed by atoms with Crippen molar-refractivity contribution in [2.24, 2.45) is 5.73 Å². The number of hydrogen-bond acceptors (Lipinski definition) is 5. The number of nitrogens with one attached hydrogen (secondary N) is 1. The zero-order valence-electron chi connectivity index (χ0n) is 15.3. The summed E-state index contributed by atoms with van der Waals surface area (Å²) in [4.78, 5) is 33.0. The smallest absolute Gasteiger partial charge is 0.311 e. The molecule has 0 spiro atoms. The van der Waals surface area contributed by atoms with Gasteiger partial charge in [0.05, 0.1) is 5.69 Å². The summed E-state index contributed by atoms with van der Waals surface area (Å²) < 4.78 is 13.1. The number of nitrogens with zero attached hydrogens (tertiary/aromatic N) is 3. The van der Waals surface area contributed by atoms with Crippen molar-refractivity contribution >= 4 is 17.8 Å². The molecule has 0 aliphatic carbocycles. The minimum Gasteiger partial charge on any atom is -0.361 e. The van der Waals surface area contributed by atoms with Crippen LogP contribution in [0.15, 0.2) is 30.5 Å². The van der Waals surface area contributed by atoms with Gasteiger partial charge >= 0.3 is 11.8 Å². The Morgan fingerprint density at radius 3 is 2.67 bits per heavy atom. The summed E-state index contributed by atoms with van der Waals surface area (Å²) in [7, 11) is 0. The lowest BCUT2D eigenvalue weighted by molar-refractivity contribution is -0.144. The fraction of sp³-hybridized carbons (Fsp3) is 0.368. The van der Waals surface area contributed by atoms with Crippen LogP contribution in [0.25, 0.3) is 0 Å². The molecule has 1 aromatic carbocycles. The molecule has 1 aliphatic rings. The van der Waals surface area contributed by atoms with Crippen LogP contribution in [0.3, 0.4) is 0 Å². The van der Waals surface area contributed by atoms with Crippen LogP contribution in [0.2, 0.25) is 0 Å². The summed E-state index contributed by atoms with van der Waals surface area (Å²) in [5.74, 6) is -1.41. The number of amides is 2. The van der Waals surface area contributed by atoms with E-state index in [4.69, 9.17) is 5.73 Å². The zero-order chi connectivity index (χ0) is 19.6. The summed E-state index contributed by atoms with van der Waals surface area (Å²) in [6, 6.07) is 6.45. The molecule has 0 saturated carbocycles. The zero-order valence-corrected chi connectivity index (χ0v) is 15.3. The SMILES string of the molecule is CC(C)(CNc1ncc2c(n1)CCN(C(=O)C(N)=O)C2)c1ccc(F)cc1. The molecule has 1 aromatic heterocycles. The van der Waals surface area contributed by atoms with E-state index in [1.54, 1.807) is 18.3 Å². The van der Waals surface area contributed by atoms with E-state index in [0.717, 1.165) is 16.8 Å². The largest absolute Gasteiger partial charge is 0.361 e. The van der Waals surface area contributed by atoms with Crippen molar-refractivity contribution in [3.8, 4) is 0 Å². The molecule has 1 aliphatic heterocycles. The van der Waals surface area contributed by atoms with Gasteiger partial charge in [-0.1, -0.05) is 26.0 Å². The lowest BCUT2D eigenvalue weighted by Crippen LogP contribution is -2.43. The van der Waals surface area contributed by atoms with Crippen molar-refractivity contribution in [2.75, 3.05) is 18.4 Å². The van der Waals surface area contributed by atoms with E-state index in [2.05, 4.69) is 29.1 Å². The monoisotopic (exact) mass is 371 g/mol. The van der Waals surface area contributed by atoms with E-state index in [1.807, 2.05) is 0 Å². The quantitative estimate of drug-likeness (QED) is 0.791. The second-order valence-corrected chi connectivity index (χ2v) is 7.25. The molecule has 0 unspecified atom stereocenters. The molecule has 7 nitrogen and oxygen atoms in total. The van der Waals surface area contributed by atoms with Crippen molar-refractivity contribution in [3.63, 3.8) is 0 Å². The summed E-state index contributed by atoms with van der Waals surface area (Å²) >= 11 is 0. The lowest BCUT2D eigenvalue weighted by Gasteiger charge is -2.28. The number of nitrogens with two attached hydrogens (primary N) is 1. The Morgan fingerprint density at radius 2 is 2.00 bits per heavy atom. The number of primary amides is 1. The van der Waals surface area contributed by atoms with Gasteiger partial charge in [-0.3, -0.25) is 9.59 Å². The first-order valence-corrected chi connectivity index (χ1v) is 8.70. The number of halogens is 1. The normalized spacial score (nSPS) is 13.8. The summed E-state index contributed by atoms with van der Waals surface area (Å²) in [6.07, 6.45) is 2.20. The van der Waals surface area contributed by atoms with Crippen molar-refractivity contribution in [1.29, 1.82) is 0 Å². The molecule has 0 atom stereocenters. The molecular weight excluding hydrogens is 349 g/mol. The number of carbonyl (C=O) groups is 2. The Hall–Kier alpha value is -3.03. The number of hydrogen-bond donors (Lipinski definition) is 2.